The highest BCUT2D eigenvalue weighted by molar-refractivity contribution is 5.21. The van der Waals surface area contributed by atoms with Crippen LogP contribution in [0.1, 0.15) is 43.4 Å². The second-order valence-electron chi connectivity index (χ2n) is 4.38. The van der Waals surface area contributed by atoms with Gasteiger partial charge in [0.25, 0.3) is 5.89 Å². The first-order valence-corrected chi connectivity index (χ1v) is 5.67. The number of nitro groups is 1. The van der Waals surface area contributed by atoms with Crippen molar-refractivity contribution in [3.63, 3.8) is 0 Å². The zero-order chi connectivity index (χ0) is 12.7. The van der Waals surface area contributed by atoms with E-state index in [2.05, 4.69) is 15.2 Å². The van der Waals surface area contributed by atoms with Crippen LogP contribution in [0.25, 0.3) is 0 Å². The van der Waals surface area contributed by atoms with Crippen LogP contribution in [0, 0.1) is 10.1 Å². The summed E-state index contributed by atoms with van der Waals surface area (Å²) in [6.07, 6.45) is 4.75. The molecule has 1 saturated carbocycles. The maximum atomic E-state index is 10.6. The third-order valence-corrected chi connectivity index (χ3v) is 2.95. The number of rotatable bonds is 4. The normalized spacial score (nSPS) is 16.7. The Morgan fingerprint density at radius 1 is 1.61 bits per heavy atom. The monoisotopic (exact) mass is 249 g/mol. The molecular weight excluding hydrogens is 238 g/mol. The van der Waals surface area contributed by atoms with Crippen molar-refractivity contribution in [3.05, 3.63) is 34.2 Å². The van der Waals surface area contributed by atoms with Crippen LogP contribution in [-0.2, 0) is 0 Å². The standard InChI is InChI=1S/C10H11N5O3/c1-6(14-5-8(4-11-14)15(16)17)10-12-9(13-18-10)7-2-3-7/h4-7H,2-3H2,1H3/t6-/m1/s1. The molecule has 94 valence electrons. The summed E-state index contributed by atoms with van der Waals surface area (Å²) in [5.41, 5.74) is -0.0521. The van der Waals surface area contributed by atoms with Crippen molar-refractivity contribution in [2.24, 2.45) is 0 Å². The highest BCUT2D eigenvalue weighted by atomic mass is 16.6. The Bertz CT molecular complexity index is 586. The maximum Gasteiger partial charge on any atom is 0.307 e. The van der Waals surface area contributed by atoms with Crippen LogP contribution in [-0.4, -0.2) is 24.8 Å². The molecule has 3 rings (SSSR count). The van der Waals surface area contributed by atoms with Gasteiger partial charge in [0.15, 0.2) is 5.82 Å². The molecule has 0 aromatic carbocycles. The van der Waals surface area contributed by atoms with E-state index in [1.54, 1.807) is 6.92 Å². The second kappa shape index (κ2) is 3.90. The highest BCUT2D eigenvalue weighted by Gasteiger charge is 2.30. The van der Waals surface area contributed by atoms with E-state index in [0.717, 1.165) is 18.7 Å². The van der Waals surface area contributed by atoms with E-state index in [1.165, 1.54) is 17.1 Å². The molecule has 18 heavy (non-hydrogen) atoms. The number of hydrogen-bond acceptors (Lipinski definition) is 6. The fourth-order valence-corrected chi connectivity index (χ4v) is 1.67. The molecular formula is C10H11N5O3. The van der Waals surface area contributed by atoms with E-state index in [-0.39, 0.29) is 11.7 Å². The minimum Gasteiger partial charge on any atom is -0.337 e. The molecule has 0 amide bonds. The van der Waals surface area contributed by atoms with Crippen molar-refractivity contribution in [1.82, 2.24) is 19.9 Å². The number of aromatic nitrogens is 4. The molecule has 2 heterocycles. The van der Waals surface area contributed by atoms with Crippen LogP contribution in [0.3, 0.4) is 0 Å². The Labute approximate surface area is 102 Å². The molecule has 0 bridgehead atoms. The first-order chi connectivity index (χ1) is 8.65. The lowest BCUT2D eigenvalue weighted by Crippen LogP contribution is -2.07. The number of nitrogens with zero attached hydrogens (tertiary/aromatic N) is 5. The molecule has 1 fully saturated rings. The van der Waals surface area contributed by atoms with Gasteiger partial charge in [0.2, 0.25) is 0 Å². The Balaban J connectivity index is 1.82. The quantitative estimate of drug-likeness (QED) is 0.603. The van der Waals surface area contributed by atoms with Gasteiger partial charge in [0, 0.05) is 5.92 Å². The summed E-state index contributed by atoms with van der Waals surface area (Å²) in [5.74, 6) is 1.56. The minimum absolute atomic E-state index is 0.0521. The summed E-state index contributed by atoms with van der Waals surface area (Å²) in [5, 5.41) is 18.4. The molecule has 2 aromatic rings. The number of hydrogen-bond donors (Lipinski definition) is 0. The second-order valence-corrected chi connectivity index (χ2v) is 4.38. The van der Waals surface area contributed by atoms with Gasteiger partial charge >= 0.3 is 5.69 Å². The lowest BCUT2D eigenvalue weighted by atomic mass is 10.3. The van der Waals surface area contributed by atoms with E-state index >= 15 is 0 Å². The molecule has 0 saturated heterocycles. The predicted octanol–water partition coefficient (Wildman–Crippen LogP) is 1.66. The smallest absolute Gasteiger partial charge is 0.307 e. The first-order valence-electron chi connectivity index (χ1n) is 5.67. The van der Waals surface area contributed by atoms with E-state index in [9.17, 15) is 10.1 Å². The third-order valence-electron chi connectivity index (χ3n) is 2.95. The fraction of sp³-hybridized carbons (Fsp3) is 0.500. The van der Waals surface area contributed by atoms with Crippen LogP contribution in [0.4, 0.5) is 5.69 Å². The van der Waals surface area contributed by atoms with Crippen molar-refractivity contribution < 1.29 is 9.45 Å². The summed E-state index contributed by atoms with van der Waals surface area (Å²) in [7, 11) is 0. The molecule has 8 nitrogen and oxygen atoms in total. The topological polar surface area (TPSA) is 99.9 Å². The molecule has 0 spiro atoms. The van der Waals surface area contributed by atoms with Gasteiger partial charge in [-0.15, -0.1) is 0 Å². The largest absolute Gasteiger partial charge is 0.337 e. The zero-order valence-electron chi connectivity index (χ0n) is 9.68. The van der Waals surface area contributed by atoms with Crippen LogP contribution < -0.4 is 0 Å². The molecule has 1 aliphatic rings. The summed E-state index contributed by atoms with van der Waals surface area (Å²) in [4.78, 5) is 14.4. The van der Waals surface area contributed by atoms with Crippen LogP contribution >= 0.6 is 0 Å². The third kappa shape index (κ3) is 1.85. The van der Waals surface area contributed by atoms with Crippen molar-refractivity contribution in [1.29, 1.82) is 0 Å². The first kappa shape index (κ1) is 10.9. The summed E-state index contributed by atoms with van der Waals surface area (Å²) >= 11 is 0. The van der Waals surface area contributed by atoms with Gasteiger partial charge in [-0.1, -0.05) is 5.16 Å². The van der Waals surface area contributed by atoms with Gasteiger partial charge in [-0.05, 0) is 19.8 Å². The van der Waals surface area contributed by atoms with Crippen LogP contribution in [0.2, 0.25) is 0 Å². The zero-order valence-corrected chi connectivity index (χ0v) is 9.68. The highest BCUT2D eigenvalue weighted by Crippen LogP contribution is 2.38. The van der Waals surface area contributed by atoms with E-state index in [0.29, 0.717) is 11.8 Å². The summed E-state index contributed by atoms with van der Waals surface area (Å²) in [6.45, 7) is 1.81. The Morgan fingerprint density at radius 3 is 3.00 bits per heavy atom. The van der Waals surface area contributed by atoms with E-state index < -0.39 is 4.92 Å². The molecule has 1 atom stereocenters. The Hall–Kier alpha value is -2.25. The van der Waals surface area contributed by atoms with Gasteiger partial charge in [-0.25, -0.2) is 0 Å². The minimum atomic E-state index is -0.486. The van der Waals surface area contributed by atoms with Gasteiger partial charge in [-0.2, -0.15) is 10.1 Å². The van der Waals surface area contributed by atoms with Gasteiger partial charge in [-0.3, -0.25) is 14.8 Å². The van der Waals surface area contributed by atoms with E-state index in [4.69, 9.17) is 4.52 Å². The molecule has 0 aliphatic heterocycles. The predicted molar refractivity (Wildman–Crippen MR) is 59.0 cm³/mol. The van der Waals surface area contributed by atoms with Crippen molar-refractivity contribution in [2.75, 3.05) is 0 Å². The fourth-order valence-electron chi connectivity index (χ4n) is 1.67. The lowest BCUT2D eigenvalue weighted by Gasteiger charge is -2.04. The van der Waals surface area contributed by atoms with Crippen molar-refractivity contribution >= 4 is 5.69 Å². The molecule has 0 N–H and O–H groups in total. The lowest BCUT2D eigenvalue weighted by molar-refractivity contribution is -0.385. The van der Waals surface area contributed by atoms with Crippen LogP contribution in [0.15, 0.2) is 16.9 Å². The SMILES string of the molecule is C[C@H](c1nc(C2CC2)no1)n1cc([N+](=O)[O-])cn1. The van der Waals surface area contributed by atoms with Crippen LogP contribution in [0.5, 0.6) is 0 Å². The average molecular weight is 249 g/mol. The van der Waals surface area contributed by atoms with Crippen molar-refractivity contribution in [2.45, 2.75) is 31.7 Å². The van der Waals surface area contributed by atoms with Crippen molar-refractivity contribution in [3.8, 4) is 0 Å². The van der Waals surface area contributed by atoms with Gasteiger partial charge in [0.05, 0.1) is 4.92 Å². The summed E-state index contributed by atoms with van der Waals surface area (Å²) < 4.78 is 6.61. The molecule has 0 unspecified atom stereocenters. The van der Waals surface area contributed by atoms with Gasteiger partial charge in [0.1, 0.15) is 18.4 Å². The Morgan fingerprint density at radius 2 is 2.39 bits per heavy atom. The average Bonchev–Trinajstić information content (AvgIpc) is 2.92. The van der Waals surface area contributed by atoms with Gasteiger partial charge < -0.3 is 4.52 Å². The van der Waals surface area contributed by atoms with E-state index in [1.807, 2.05) is 0 Å². The molecule has 1 aliphatic carbocycles. The molecule has 8 heteroatoms. The summed E-state index contributed by atoms with van der Waals surface area (Å²) in [6, 6.07) is -0.307. The molecule has 2 aromatic heterocycles. The Kier molecular flexibility index (Phi) is 2.35. The maximum absolute atomic E-state index is 10.6. The molecule has 0 radical (unpaired) electrons.